The maximum Gasteiger partial charge on any atom is 0.130 e. The zero-order valence-electron chi connectivity index (χ0n) is 12.6. The van der Waals surface area contributed by atoms with Crippen LogP contribution in [0.4, 0.5) is 0 Å². The summed E-state index contributed by atoms with van der Waals surface area (Å²) < 4.78 is 12.2. The minimum Gasteiger partial charge on any atom is -0.487 e. The van der Waals surface area contributed by atoms with E-state index in [-0.39, 0.29) is 17.3 Å². The lowest BCUT2D eigenvalue weighted by atomic mass is 9.97. The molecule has 1 aromatic carbocycles. The van der Waals surface area contributed by atoms with Gasteiger partial charge in [0.05, 0.1) is 5.60 Å². The molecular weight excluding hydrogens is 238 g/mol. The van der Waals surface area contributed by atoms with Crippen LogP contribution in [-0.2, 0) is 11.3 Å². The third kappa shape index (κ3) is 3.48. The van der Waals surface area contributed by atoms with Crippen LogP contribution < -0.4 is 10.1 Å². The first-order valence-corrected chi connectivity index (χ1v) is 6.93. The van der Waals surface area contributed by atoms with Crippen molar-refractivity contribution in [3.63, 3.8) is 0 Å². The van der Waals surface area contributed by atoms with E-state index in [4.69, 9.17) is 9.47 Å². The van der Waals surface area contributed by atoms with Gasteiger partial charge in [-0.15, -0.1) is 0 Å². The Morgan fingerprint density at radius 2 is 1.84 bits per heavy atom. The van der Waals surface area contributed by atoms with Crippen molar-refractivity contribution in [2.24, 2.45) is 0 Å². The lowest BCUT2D eigenvalue weighted by Gasteiger charge is -2.27. The molecule has 1 saturated heterocycles. The van der Waals surface area contributed by atoms with Gasteiger partial charge in [0.25, 0.3) is 0 Å². The molecule has 0 bridgehead atoms. The van der Waals surface area contributed by atoms with E-state index in [1.54, 1.807) is 0 Å². The molecule has 0 spiro atoms. The van der Waals surface area contributed by atoms with Crippen molar-refractivity contribution in [2.45, 2.75) is 58.0 Å². The Hall–Kier alpha value is -1.06. The number of hydrogen-bond donors (Lipinski definition) is 1. The predicted octanol–water partition coefficient (Wildman–Crippen LogP) is 3.13. The lowest BCUT2D eigenvalue weighted by Crippen LogP contribution is -2.36. The highest BCUT2D eigenvalue weighted by Gasteiger charge is 2.47. The van der Waals surface area contributed by atoms with Gasteiger partial charge in [0.2, 0.25) is 0 Å². The van der Waals surface area contributed by atoms with Crippen molar-refractivity contribution in [1.82, 2.24) is 5.32 Å². The Kier molecular flexibility index (Phi) is 3.88. The SMILES string of the molecule is CNCc1ccc(OC2CC(C)(C)OC2(C)C)cc1. The number of benzene rings is 1. The van der Waals surface area contributed by atoms with Crippen LogP contribution in [0.15, 0.2) is 24.3 Å². The average Bonchev–Trinajstić information content (AvgIpc) is 2.50. The summed E-state index contributed by atoms with van der Waals surface area (Å²) in [5.41, 5.74) is 0.907. The van der Waals surface area contributed by atoms with Crippen LogP contribution in [-0.4, -0.2) is 24.4 Å². The topological polar surface area (TPSA) is 30.5 Å². The Labute approximate surface area is 116 Å². The van der Waals surface area contributed by atoms with Gasteiger partial charge in [-0.25, -0.2) is 0 Å². The Bertz CT molecular complexity index is 423. The van der Waals surface area contributed by atoms with Gasteiger partial charge in [-0.2, -0.15) is 0 Å². The van der Waals surface area contributed by atoms with E-state index >= 15 is 0 Å². The fraction of sp³-hybridized carbons (Fsp3) is 0.625. The maximum atomic E-state index is 6.11. The van der Waals surface area contributed by atoms with Crippen LogP contribution in [0, 0.1) is 0 Å². The summed E-state index contributed by atoms with van der Waals surface area (Å²) in [5, 5.41) is 3.14. The van der Waals surface area contributed by atoms with Crippen molar-refractivity contribution in [3.8, 4) is 5.75 Å². The standard InChI is InChI=1S/C16H25NO2/c1-15(2)10-14(16(3,4)19-15)18-13-8-6-12(7-9-13)11-17-5/h6-9,14,17H,10-11H2,1-5H3. The molecule has 0 aromatic heterocycles. The molecule has 3 heteroatoms. The third-order valence-electron chi connectivity index (χ3n) is 3.57. The van der Waals surface area contributed by atoms with E-state index < -0.39 is 0 Å². The largest absolute Gasteiger partial charge is 0.487 e. The molecule has 0 saturated carbocycles. The van der Waals surface area contributed by atoms with Gasteiger partial charge in [-0.3, -0.25) is 0 Å². The van der Waals surface area contributed by atoms with E-state index in [1.807, 2.05) is 19.2 Å². The highest BCUT2D eigenvalue weighted by atomic mass is 16.6. The van der Waals surface area contributed by atoms with Crippen molar-refractivity contribution in [2.75, 3.05) is 7.05 Å². The molecule has 0 radical (unpaired) electrons. The number of nitrogens with one attached hydrogen (secondary N) is 1. The van der Waals surface area contributed by atoms with E-state index in [0.717, 1.165) is 18.7 Å². The fourth-order valence-electron chi connectivity index (χ4n) is 2.75. The summed E-state index contributed by atoms with van der Waals surface area (Å²) in [6.45, 7) is 9.32. The zero-order chi connectivity index (χ0) is 14.1. The van der Waals surface area contributed by atoms with Gasteiger partial charge in [-0.05, 0) is 52.4 Å². The van der Waals surface area contributed by atoms with E-state index in [9.17, 15) is 0 Å². The van der Waals surface area contributed by atoms with Gasteiger partial charge in [-0.1, -0.05) is 12.1 Å². The molecule has 19 heavy (non-hydrogen) atoms. The van der Waals surface area contributed by atoms with Gasteiger partial charge in [0.1, 0.15) is 17.5 Å². The molecule has 1 fully saturated rings. The molecule has 1 aliphatic heterocycles. The molecule has 0 amide bonds. The quantitative estimate of drug-likeness (QED) is 0.905. The van der Waals surface area contributed by atoms with Crippen molar-refractivity contribution >= 4 is 0 Å². The summed E-state index contributed by atoms with van der Waals surface area (Å²) in [6.07, 6.45) is 1.01. The molecule has 1 heterocycles. The van der Waals surface area contributed by atoms with Gasteiger partial charge < -0.3 is 14.8 Å². The smallest absolute Gasteiger partial charge is 0.130 e. The summed E-state index contributed by atoms with van der Waals surface area (Å²) in [5.74, 6) is 0.916. The van der Waals surface area contributed by atoms with Crippen molar-refractivity contribution in [1.29, 1.82) is 0 Å². The van der Waals surface area contributed by atoms with Crippen molar-refractivity contribution < 1.29 is 9.47 Å². The molecule has 2 rings (SSSR count). The Balaban J connectivity index is 2.05. The van der Waals surface area contributed by atoms with Crippen LogP contribution in [0.5, 0.6) is 5.75 Å². The number of rotatable bonds is 4. The summed E-state index contributed by atoms with van der Waals surface area (Å²) in [7, 11) is 1.95. The van der Waals surface area contributed by atoms with Gasteiger partial charge in [0, 0.05) is 13.0 Å². The zero-order valence-corrected chi connectivity index (χ0v) is 12.6. The molecule has 106 valence electrons. The molecule has 3 nitrogen and oxygen atoms in total. The monoisotopic (exact) mass is 263 g/mol. The third-order valence-corrected chi connectivity index (χ3v) is 3.57. The van der Waals surface area contributed by atoms with Crippen LogP contribution in [0.2, 0.25) is 0 Å². The fourth-order valence-corrected chi connectivity index (χ4v) is 2.75. The first-order chi connectivity index (χ1) is 8.82. The molecule has 1 unspecified atom stereocenters. The Morgan fingerprint density at radius 1 is 1.21 bits per heavy atom. The predicted molar refractivity (Wildman–Crippen MR) is 77.5 cm³/mol. The average molecular weight is 263 g/mol. The second kappa shape index (κ2) is 5.14. The van der Waals surface area contributed by atoms with Gasteiger partial charge in [0.15, 0.2) is 0 Å². The molecule has 1 N–H and O–H groups in total. The van der Waals surface area contributed by atoms with Crippen LogP contribution >= 0.6 is 0 Å². The normalized spacial score (nSPS) is 24.4. The van der Waals surface area contributed by atoms with Crippen LogP contribution in [0.25, 0.3) is 0 Å². The number of hydrogen-bond acceptors (Lipinski definition) is 3. The first kappa shape index (κ1) is 14.4. The summed E-state index contributed by atoms with van der Waals surface area (Å²) in [4.78, 5) is 0. The molecule has 0 aliphatic carbocycles. The van der Waals surface area contributed by atoms with Crippen LogP contribution in [0.3, 0.4) is 0 Å². The van der Waals surface area contributed by atoms with Crippen molar-refractivity contribution in [3.05, 3.63) is 29.8 Å². The minimum absolute atomic E-state index is 0.0950. The number of ether oxygens (including phenoxy) is 2. The highest BCUT2D eigenvalue weighted by molar-refractivity contribution is 5.27. The van der Waals surface area contributed by atoms with E-state index in [0.29, 0.717) is 0 Å². The minimum atomic E-state index is -0.243. The molecule has 1 aromatic rings. The molecular formula is C16H25NO2. The summed E-state index contributed by atoms with van der Waals surface area (Å²) >= 11 is 0. The maximum absolute atomic E-state index is 6.11. The second-order valence-electron chi connectivity index (χ2n) is 6.45. The first-order valence-electron chi connectivity index (χ1n) is 6.93. The van der Waals surface area contributed by atoms with Gasteiger partial charge >= 0.3 is 0 Å². The van der Waals surface area contributed by atoms with E-state index in [1.165, 1.54) is 5.56 Å². The molecule has 1 atom stereocenters. The summed E-state index contributed by atoms with van der Waals surface area (Å²) in [6, 6.07) is 8.27. The second-order valence-corrected chi connectivity index (χ2v) is 6.45. The van der Waals surface area contributed by atoms with E-state index in [2.05, 4.69) is 45.1 Å². The molecule has 1 aliphatic rings. The lowest BCUT2D eigenvalue weighted by molar-refractivity contribution is -0.0846. The van der Waals surface area contributed by atoms with Crippen LogP contribution in [0.1, 0.15) is 39.7 Å². The Morgan fingerprint density at radius 3 is 2.32 bits per heavy atom. The highest BCUT2D eigenvalue weighted by Crippen LogP contribution is 2.39.